The number of esters is 1. The number of carbonyl (C=O) groups excluding carboxylic acids is 2. The molecule has 0 unspecified atom stereocenters. The van der Waals surface area contributed by atoms with Gasteiger partial charge in [-0.05, 0) is 43.9 Å². The van der Waals surface area contributed by atoms with Crippen LogP contribution in [0, 0.1) is 13.8 Å². The van der Waals surface area contributed by atoms with Gasteiger partial charge in [-0.1, -0.05) is 37.8 Å². The fourth-order valence-corrected chi connectivity index (χ4v) is 3.37. The van der Waals surface area contributed by atoms with Gasteiger partial charge in [0, 0.05) is 0 Å². The summed E-state index contributed by atoms with van der Waals surface area (Å²) < 4.78 is 10.7. The predicted octanol–water partition coefficient (Wildman–Crippen LogP) is 3.45. The molecule has 5 heteroatoms. The molecule has 1 aromatic carbocycles. The van der Waals surface area contributed by atoms with E-state index in [9.17, 15) is 9.59 Å². The Morgan fingerprint density at radius 1 is 1.12 bits per heavy atom. The van der Waals surface area contributed by atoms with Gasteiger partial charge in [0.05, 0.1) is 20.1 Å². The molecule has 0 saturated heterocycles. The summed E-state index contributed by atoms with van der Waals surface area (Å²) in [5.41, 5.74) is 1.37. The molecular weight excluding hydrogens is 318 g/mol. The first-order chi connectivity index (χ1) is 12.0. The minimum atomic E-state index is -0.873. The monoisotopic (exact) mass is 347 g/mol. The predicted molar refractivity (Wildman–Crippen MR) is 96.6 cm³/mol. The van der Waals surface area contributed by atoms with Crippen molar-refractivity contribution in [3.05, 3.63) is 29.3 Å². The van der Waals surface area contributed by atoms with Crippen LogP contribution >= 0.6 is 0 Å². The molecule has 1 saturated carbocycles. The van der Waals surface area contributed by atoms with E-state index in [1.54, 1.807) is 0 Å². The molecule has 0 bridgehead atoms. The normalized spacial score (nSPS) is 16.6. The summed E-state index contributed by atoms with van der Waals surface area (Å²) in [5.74, 6) is 0.292. The topological polar surface area (TPSA) is 64.6 Å². The van der Waals surface area contributed by atoms with Crippen LogP contribution in [-0.2, 0) is 14.3 Å². The van der Waals surface area contributed by atoms with Gasteiger partial charge < -0.3 is 14.8 Å². The summed E-state index contributed by atoms with van der Waals surface area (Å²) in [6.45, 7) is 4.32. The molecule has 2 rings (SSSR count). The van der Waals surface area contributed by atoms with Crippen molar-refractivity contribution in [2.24, 2.45) is 0 Å². The minimum absolute atomic E-state index is 0.169. The van der Waals surface area contributed by atoms with Crippen molar-refractivity contribution in [3.8, 4) is 5.75 Å². The fourth-order valence-electron chi connectivity index (χ4n) is 3.37. The molecule has 0 heterocycles. The van der Waals surface area contributed by atoms with Crippen LogP contribution in [0.4, 0.5) is 0 Å². The van der Waals surface area contributed by atoms with Gasteiger partial charge in [-0.3, -0.25) is 4.79 Å². The summed E-state index contributed by atoms with van der Waals surface area (Å²) >= 11 is 0. The molecule has 1 fully saturated rings. The molecule has 0 radical (unpaired) electrons. The van der Waals surface area contributed by atoms with E-state index in [4.69, 9.17) is 9.47 Å². The standard InChI is InChI=1S/C20H29NO4/c1-15-9-8-10-17(16(15)2)25-14-11-18(22)21-20(19(23)24-3)12-6-4-5-7-13-20/h8-10H,4-7,11-14H2,1-3H3,(H,21,22). The van der Waals surface area contributed by atoms with Crippen LogP contribution in [0.15, 0.2) is 18.2 Å². The number of hydrogen-bond acceptors (Lipinski definition) is 4. The second kappa shape index (κ2) is 8.88. The number of carbonyl (C=O) groups is 2. The first-order valence-corrected chi connectivity index (χ1v) is 9.07. The Balaban J connectivity index is 1.92. The van der Waals surface area contributed by atoms with Gasteiger partial charge in [-0.15, -0.1) is 0 Å². The summed E-state index contributed by atoms with van der Waals surface area (Å²) in [7, 11) is 1.38. The summed E-state index contributed by atoms with van der Waals surface area (Å²) in [4.78, 5) is 24.7. The van der Waals surface area contributed by atoms with Gasteiger partial charge in [0.2, 0.25) is 5.91 Å². The number of aryl methyl sites for hydroxylation is 1. The zero-order chi connectivity index (χ0) is 18.3. The van der Waals surface area contributed by atoms with Gasteiger partial charge in [0.25, 0.3) is 0 Å². The van der Waals surface area contributed by atoms with Gasteiger partial charge in [-0.25, -0.2) is 4.79 Å². The molecule has 0 atom stereocenters. The van der Waals surface area contributed by atoms with Crippen molar-refractivity contribution >= 4 is 11.9 Å². The van der Waals surface area contributed by atoms with Crippen LogP contribution in [0.3, 0.4) is 0 Å². The van der Waals surface area contributed by atoms with Crippen LogP contribution < -0.4 is 10.1 Å². The van der Waals surface area contributed by atoms with E-state index >= 15 is 0 Å². The van der Waals surface area contributed by atoms with Crippen LogP contribution in [0.2, 0.25) is 0 Å². The van der Waals surface area contributed by atoms with E-state index in [1.165, 1.54) is 7.11 Å². The number of benzene rings is 1. The fraction of sp³-hybridized carbons (Fsp3) is 0.600. The maximum atomic E-state index is 12.4. The van der Waals surface area contributed by atoms with Crippen LogP contribution in [0.1, 0.15) is 56.1 Å². The molecule has 0 spiro atoms. The van der Waals surface area contributed by atoms with Gasteiger partial charge in [0.15, 0.2) is 0 Å². The zero-order valence-corrected chi connectivity index (χ0v) is 15.5. The highest BCUT2D eigenvalue weighted by Gasteiger charge is 2.40. The van der Waals surface area contributed by atoms with Crippen molar-refractivity contribution < 1.29 is 19.1 Å². The van der Waals surface area contributed by atoms with Crippen molar-refractivity contribution in [2.45, 2.75) is 64.3 Å². The molecule has 1 aliphatic rings. The highest BCUT2D eigenvalue weighted by molar-refractivity contribution is 5.88. The smallest absolute Gasteiger partial charge is 0.331 e. The van der Waals surface area contributed by atoms with E-state index in [0.29, 0.717) is 12.8 Å². The lowest BCUT2D eigenvalue weighted by atomic mass is 9.90. The van der Waals surface area contributed by atoms with E-state index in [1.807, 2.05) is 32.0 Å². The van der Waals surface area contributed by atoms with Gasteiger partial charge >= 0.3 is 5.97 Å². The van der Waals surface area contributed by atoms with Crippen LogP contribution in [-0.4, -0.2) is 31.1 Å². The van der Waals surface area contributed by atoms with Crippen molar-refractivity contribution in [3.63, 3.8) is 0 Å². The second-order valence-electron chi connectivity index (χ2n) is 6.83. The number of nitrogens with one attached hydrogen (secondary N) is 1. The second-order valence-corrected chi connectivity index (χ2v) is 6.83. The number of amides is 1. The van der Waals surface area contributed by atoms with Crippen LogP contribution in [0.25, 0.3) is 0 Å². The summed E-state index contributed by atoms with van der Waals surface area (Å²) in [5, 5.41) is 2.94. The number of methoxy groups -OCH3 is 1. The Labute approximate surface area is 150 Å². The third-order valence-electron chi connectivity index (χ3n) is 5.05. The Kier molecular flexibility index (Phi) is 6.85. The largest absolute Gasteiger partial charge is 0.493 e. The number of rotatable bonds is 6. The zero-order valence-electron chi connectivity index (χ0n) is 15.5. The molecule has 1 aliphatic carbocycles. The Bertz CT molecular complexity index is 604. The Morgan fingerprint density at radius 2 is 1.80 bits per heavy atom. The maximum Gasteiger partial charge on any atom is 0.331 e. The average Bonchev–Trinajstić information content (AvgIpc) is 2.84. The van der Waals surface area contributed by atoms with Gasteiger partial charge in [-0.2, -0.15) is 0 Å². The molecule has 0 aromatic heterocycles. The van der Waals surface area contributed by atoms with Crippen molar-refractivity contribution in [1.82, 2.24) is 5.32 Å². The minimum Gasteiger partial charge on any atom is -0.493 e. The molecule has 1 aromatic rings. The van der Waals surface area contributed by atoms with Crippen molar-refractivity contribution in [2.75, 3.05) is 13.7 Å². The molecule has 25 heavy (non-hydrogen) atoms. The van der Waals surface area contributed by atoms with E-state index < -0.39 is 5.54 Å². The molecular formula is C20H29NO4. The number of hydrogen-bond donors (Lipinski definition) is 1. The lowest BCUT2D eigenvalue weighted by molar-refractivity contribution is -0.151. The average molecular weight is 347 g/mol. The van der Waals surface area contributed by atoms with E-state index in [0.717, 1.165) is 42.6 Å². The third kappa shape index (κ3) is 4.97. The Morgan fingerprint density at radius 3 is 2.44 bits per heavy atom. The molecule has 5 nitrogen and oxygen atoms in total. The number of ether oxygens (including phenoxy) is 2. The van der Waals surface area contributed by atoms with E-state index in [-0.39, 0.29) is 24.9 Å². The summed E-state index contributed by atoms with van der Waals surface area (Å²) in [6, 6.07) is 5.87. The first-order valence-electron chi connectivity index (χ1n) is 9.07. The Hall–Kier alpha value is -2.04. The third-order valence-corrected chi connectivity index (χ3v) is 5.05. The lowest BCUT2D eigenvalue weighted by Gasteiger charge is -2.30. The highest BCUT2D eigenvalue weighted by Crippen LogP contribution is 2.28. The SMILES string of the molecule is COC(=O)C1(NC(=O)CCOc2cccc(C)c2C)CCCCCC1. The quantitative estimate of drug-likeness (QED) is 0.632. The molecule has 0 aliphatic heterocycles. The maximum absolute atomic E-state index is 12.4. The summed E-state index contributed by atoms with van der Waals surface area (Å²) in [6.07, 6.45) is 5.52. The molecule has 138 valence electrons. The molecule has 1 amide bonds. The lowest BCUT2D eigenvalue weighted by Crippen LogP contribution is -2.55. The molecule has 1 N–H and O–H groups in total. The van der Waals surface area contributed by atoms with Crippen LogP contribution in [0.5, 0.6) is 5.75 Å². The highest BCUT2D eigenvalue weighted by atomic mass is 16.5. The van der Waals surface area contributed by atoms with E-state index in [2.05, 4.69) is 5.32 Å². The van der Waals surface area contributed by atoms with Gasteiger partial charge in [0.1, 0.15) is 11.3 Å². The first kappa shape index (κ1) is 19.3. The van der Waals surface area contributed by atoms with Crippen molar-refractivity contribution in [1.29, 1.82) is 0 Å².